The Bertz CT molecular complexity index is 594. The Morgan fingerprint density at radius 1 is 1.26 bits per heavy atom. The number of nitrogens with one attached hydrogen (secondary N) is 1. The van der Waals surface area contributed by atoms with E-state index in [1.165, 1.54) is 24.3 Å². The number of benzene rings is 1. The molecule has 0 spiro atoms. The largest absolute Gasteiger partial charge is 0.595 e. The van der Waals surface area contributed by atoms with E-state index in [-0.39, 0.29) is 17.0 Å². The number of hydrogen-bond donors (Lipinski definition) is 5. The highest BCUT2D eigenvalue weighted by Gasteiger charge is 2.30. The van der Waals surface area contributed by atoms with Crippen LogP contribution in [-0.4, -0.2) is 44.5 Å². The first kappa shape index (κ1) is 18.9. The molecule has 23 heavy (non-hydrogen) atoms. The number of hydrogen-bond acceptors (Lipinski definition) is 8. The molecule has 11 heteroatoms. The smallest absolute Gasteiger partial charge is 0.368 e. The first-order valence-electron chi connectivity index (χ1n) is 6.10. The first-order chi connectivity index (χ1) is 10.7. The molecule has 6 N–H and O–H groups in total. The van der Waals surface area contributed by atoms with Gasteiger partial charge in [0.25, 0.3) is 0 Å². The molecule has 3 atom stereocenters. The van der Waals surface area contributed by atoms with Crippen LogP contribution in [0, 0.1) is 5.21 Å². The van der Waals surface area contributed by atoms with Crippen molar-refractivity contribution >= 4 is 34.7 Å². The zero-order valence-electron chi connectivity index (χ0n) is 11.5. The molecule has 0 aliphatic heterocycles. The van der Waals surface area contributed by atoms with Gasteiger partial charge in [-0.15, -0.1) is 0 Å². The third-order valence-corrected chi connectivity index (χ3v) is 3.47. The lowest BCUT2D eigenvalue weighted by molar-refractivity contribution is -0.991. The average molecular weight is 346 g/mol. The van der Waals surface area contributed by atoms with E-state index in [2.05, 4.69) is 0 Å². The Labute approximate surface area is 134 Å². The SMILES string of the molecule is N[C@H](CSC(=O)OC(C(=O)O)c1ccccc1[NH+]([O-])O)C(=O)O. The lowest BCUT2D eigenvalue weighted by atomic mass is 10.1. The standard InChI is InChI=1S/C12H14N2O8S/c13-7(10(15)16)5-23-12(19)22-9(11(17)18)6-3-1-2-4-8(6)14(20)21/h1-4,7,9,14,20H,5,13H2,(H,15,16)(H,17,18)/t7-,9?/m1/s1. The van der Waals surface area contributed by atoms with E-state index in [4.69, 9.17) is 25.9 Å². The molecule has 0 radical (unpaired) electrons. The number of carboxylic acid groups (broad SMARTS) is 2. The van der Waals surface area contributed by atoms with E-state index in [0.717, 1.165) is 0 Å². The minimum atomic E-state index is -1.83. The van der Waals surface area contributed by atoms with Gasteiger partial charge in [-0.25, -0.2) is 14.8 Å². The lowest BCUT2D eigenvalue weighted by Crippen LogP contribution is -2.99. The summed E-state index contributed by atoms with van der Waals surface area (Å²) in [6.45, 7) is 0. The monoisotopic (exact) mass is 346 g/mol. The van der Waals surface area contributed by atoms with E-state index < -0.39 is 34.6 Å². The van der Waals surface area contributed by atoms with Crippen molar-refractivity contribution < 1.29 is 39.8 Å². The number of para-hydroxylation sites is 1. The summed E-state index contributed by atoms with van der Waals surface area (Å²) in [5, 5.41) is 35.4. The van der Waals surface area contributed by atoms with Crippen molar-refractivity contribution in [2.45, 2.75) is 12.1 Å². The van der Waals surface area contributed by atoms with Crippen LogP contribution < -0.4 is 11.0 Å². The van der Waals surface area contributed by atoms with Gasteiger partial charge in [0.1, 0.15) is 6.04 Å². The van der Waals surface area contributed by atoms with Crippen LogP contribution in [0.2, 0.25) is 0 Å². The van der Waals surface area contributed by atoms with Crippen LogP contribution in [0.25, 0.3) is 0 Å². The predicted octanol–water partition coefficient (Wildman–Crippen LogP) is -0.503. The number of rotatable bonds is 7. The highest BCUT2D eigenvalue weighted by atomic mass is 32.2. The second-order valence-electron chi connectivity index (χ2n) is 4.23. The molecule has 1 aromatic rings. The predicted molar refractivity (Wildman–Crippen MR) is 77.1 cm³/mol. The van der Waals surface area contributed by atoms with Gasteiger partial charge in [-0.2, -0.15) is 5.23 Å². The van der Waals surface area contributed by atoms with E-state index in [1.807, 2.05) is 0 Å². The maximum atomic E-state index is 11.6. The third kappa shape index (κ3) is 5.50. The van der Waals surface area contributed by atoms with Crippen molar-refractivity contribution in [1.82, 2.24) is 0 Å². The molecular formula is C12H14N2O8S. The molecule has 0 fully saturated rings. The zero-order chi connectivity index (χ0) is 17.6. The van der Waals surface area contributed by atoms with Crippen molar-refractivity contribution in [2.75, 3.05) is 5.75 Å². The van der Waals surface area contributed by atoms with Gasteiger partial charge in [-0.1, -0.05) is 12.1 Å². The van der Waals surface area contributed by atoms with Gasteiger partial charge < -0.3 is 25.9 Å². The van der Waals surface area contributed by atoms with Crippen molar-refractivity contribution in [3.05, 3.63) is 35.0 Å². The lowest BCUT2D eigenvalue weighted by Gasteiger charge is -2.19. The molecule has 10 nitrogen and oxygen atoms in total. The van der Waals surface area contributed by atoms with Crippen molar-refractivity contribution in [3.8, 4) is 0 Å². The normalized spacial score (nSPS) is 14.6. The number of carbonyl (C=O) groups is 3. The average Bonchev–Trinajstić information content (AvgIpc) is 2.49. The fraction of sp³-hybridized carbons (Fsp3) is 0.250. The quantitative estimate of drug-likeness (QED) is 0.319. The van der Waals surface area contributed by atoms with E-state index in [0.29, 0.717) is 11.8 Å². The van der Waals surface area contributed by atoms with Crippen LogP contribution in [0.4, 0.5) is 10.5 Å². The topological polar surface area (TPSA) is 175 Å². The Kier molecular flexibility index (Phi) is 6.93. The number of ether oxygens (including phenoxy) is 1. The number of quaternary nitrogens is 1. The van der Waals surface area contributed by atoms with Crippen molar-refractivity contribution in [3.63, 3.8) is 0 Å². The fourth-order valence-corrected chi connectivity index (χ4v) is 2.15. The van der Waals surface area contributed by atoms with E-state index >= 15 is 0 Å². The van der Waals surface area contributed by atoms with Crippen LogP contribution in [0.5, 0.6) is 0 Å². The Morgan fingerprint density at radius 3 is 2.39 bits per heavy atom. The molecule has 1 aromatic carbocycles. The van der Waals surface area contributed by atoms with Crippen LogP contribution in [0.3, 0.4) is 0 Å². The molecule has 2 unspecified atom stereocenters. The molecule has 126 valence electrons. The molecule has 0 saturated carbocycles. The number of carboxylic acids is 2. The maximum Gasteiger partial charge on any atom is 0.368 e. The second-order valence-corrected chi connectivity index (χ2v) is 5.19. The highest BCUT2D eigenvalue weighted by molar-refractivity contribution is 8.13. The Morgan fingerprint density at radius 2 is 1.87 bits per heavy atom. The Balaban J connectivity index is 2.87. The van der Waals surface area contributed by atoms with Crippen molar-refractivity contribution in [2.24, 2.45) is 5.73 Å². The molecule has 0 amide bonds. The molecule has 0 heterocycles. The minimum absolute atomic E-state index is 0.205. The molecular weight excluding hydrogens is 332 g/mol. The summed E-state index contributed by atoms with van der Waals surface area (Å²) in [6.07, 6.45) is -1.83. The summed E-state index contributed by atoms with van der Waals surface area (Å²) in [5.74, 6) is -3.20. The van der Waals surface area contributed by atoms with E-state index in [9.17, 15) is 19.6 Å². The van der Waals surface area contributed by atoms with Crippen LogP contribution >= 0.6 is 11.8 Å². The van der Waals surface area contributed by atoms with Gasteiger partial charge in [0, 0.05) is 11.8 Å². The van der Waals surface area contributed by atoms with E-state index in [1.54, 1.807) is 0 Å². The molecule has 0 bridgehead atoms. The minimum Gasteiger partial charge on any atom is -0.595 e. The number of thioether (sulfide) groups is 1. The molecule has 0 saturated heterocycles. The van der Waals surface area contributed by atoms with Gasteiger partial charge in [0.05, 0.1) is 5.56 Å². The summed E-state index contributed by atoms with van der Waals surface area (Å²) in [7, 11) is 0. The van der Waals surface area contributed by atoms with Gasteiger partial charge in [-0.05, 0) is 17.8 Å². The molecule has 0 aliphatic carbocycles. The van der Waals surface area contributed by atoms with Gasteiger partial charge in [-0.3, -0.25) is 4.79 Å². The first-order valence-corrected chi connectivity index (χ1v) is 7.09. The molecule has 0 aliphatic rings. The van der Waals surface area contributed by atoms with Crippen LogP contribution in [0.15, 0.2) is 24.3 Å². The zero-order valence-corrected chi connectivity index (χ0v) is 12.4. The summed E-state index contributed by atoms with van der Waals surface area (Å²) in [4.78, 5) is 33.4. The van der Waals surface area contributed by atoms with Gasteiger partial charge >= 0.3 is 17.2 Å². The molecule has 0 aromatic heterocycles. The summed E-state index contributed by atoms with van der Waals surface area (Å²) < 4.78 is 4.73. The number of carbonyl (C=O) groups excluding carboxylic acids is 1. The van der Waals surface area contributed by atoms with Crippen LogP contribution in [-0.2, 0) is 14.3 Å². The number of aliphatic carboxylic acids is 2. The molecule has 1 rings (SSSR count). The van der Waals surface area contributed by atoms with Gasteiger partial charge in [0.15, 0.2) is 5.69 Å². The maximum absolute atomic E-state index is 11.6. The Hall–Kier alpha value is -2.18. The van der Waals surface area contributed by atoms with Crippen molar-refractivity contribution in [1.29, 1.82) is 0 Å². The fourth-order valence-electron chi connectivity index (χ4n) is 1.53. The third-order valence-electron chi connectivity index (χ3n) is 2.61. The number of nitrogens with two attached hydrogens (primary N) is 1. The summed E-state index contributed by atoms with van der Waals surface area (Å²) >= 11 is 0.390. The van der Waals surface area contributed by atoms with Crippen LogP contribution in [0.1, 0.15) is 11.7 Å². The van der Waals surface area contributed by atoms with Gasteiger partial charge in [0.2, 0.25) is 6.10 Å². The summed E-state index contributed by atoms with van der Waals surface area (Å²) in [6, 6.07) is 3.87. The highest BCUT2D eigenvalue weighted by Crippen LogP contribution is 2.25. The summed E-state index contributed by atoms with van der Waals surface area (Å²) in [5.41, 5.74) is 4.68. The second kappa shape index (κ2) is 8.45.